The molecule has 2 heterocycles. The predicted molar refractivity (Wildman–Crippen MR) is 72.8 cm³/mol. The number of carbonyl (C=O) groups excluding carboxylic acids is 1. The highest BCUT2D eigenvalue weighted by Gasteiger charge is 2.42. The molecule has 1 amide bonds. The highest BCUT2D eigenvalue weighted by Crippen LogP contribution is 2.44. The van der Waals surface area contributed by atoms with Crippen molar-refractivity contribution in [2.24, 2.45) is 17.8 Å². The number of fused-ring (bicyclic) bond motifs is 3. The SMILES string of the molecule is O=C(C1CC2C=CC1C2)N1CCc2nc[nH]c(=O)c2C1. The molecule has 0 radical (unpaired) electrons. The Labute approximate surface area is 116 Å². The molecule has 1 aromatic heterocycles. The Kier molecular flexibility index (Phi) is 2.55. The van der Waals surface area contributed by atoms with Crippen LogP contribution in [-0.4, -0.2) is 27.3 Å². The molecule has 1 aliphatic heterocycles. The number of nitrogens with zero attached hydrogens (tertiary/aromatic N) is 2. The molecular weight excluding hydrogens is 254 g/mol. The van der Waals surface area contributed by atoms with Crippen LogP contribution in [0.5, 0.6) is 0 Å². The molecule has 0 saturated heterocycles. The Morgan fingerprint density at radius 3 is 3.00 bits per heavy atom. The van der Waals surface area contributed by atoms with Crippen molar-refractivity contribution in [2.45, 2.75) is 25.8 Å². The Morgan fingerprint density at radius 1 is 1.35 bits per heavy atom. The predicted octanol–water partition coefficient (Wildman–Crippen LogP) is 0.867. The van der Waals surface area contributed by atoms with Crippen molar-refractivity contribution in [3.8, 4) is 0 Å². The van der Waals surface area contributed by atoms with E-state index in [9.17, 15) is 9.59 Å². The second kappa shape index (κ2) is 4.30. The summed E-state index contributed by atoms with van der Waals surface area (Å²) in [6.07, 6.45) is 8.67. The fourth-order valence-electron chi connectivity index (χ4n) is 3.84. The molecule has 1 saturated carbocycles. The van der Waals surface area contributed by atoms with Gasteiger partial charge in [-0.25, -0.2) is 4.98 Å². The summed E-state index contributed by atoms with van der Waals surface area (Å²) in [5.41, 5.74) is 1.39. The minimum absolute atomic E-state index is 0.111. The number of amides is 1. The zero-order valence-electron chi connectivity index (χ0n) is 11.2. The van der Waals surface area contributed by atoms with Crippen LogP contribution in [0.2, 0.25) is 0 Å². The molecule has 1 N–H and O–H groups in total. The number of carbonyl (C=O) groups is 1. The summed E-state index contributed by atoms with van der Waals surface area (Å²) in [4.78, 5) is 33.2. The number of allylic oxidation sites excluding steroid dienone is 2. The molecule has 4 rings (SSSR count). The van der Waals surface area contributed by atoms with Crippen LogP contribution in [-0.2, 0) is 17.8 Å². The van der Waals surface area contributed by atoms with E-state index in [-0.39, 0.29) is 17.4 Å². The molecule has 1 aromatic rings. The topological polar surface area (TPSA) is 66.1 Å². The number of rotatable bonds is 1. The second-order valence-corrected chi connectivity index (χ2v) is 6.05. The molecule has 3 unspecified atom stereocenters. The zero-order chi connectivity index (χ0) is 13.7. The number of nitrogens with one attached hydrogen (secondary N) is 1. The third-order valence-corrected chi connectivity index (χ3v) is 4.91. The fourth-order valence-corrected chi connectivity index (χ4v) is 3.84. The van der Waals surface area contributed by atoms with Crippen LogP contribution in [0.3, 0.4) is 0 Å². The Bertz CT molecular complexity index is 649. The average Bonchev–Trinajstić information content (AvgIpc) is 3.09. The van der Waals surface area contributed by atoms with Gasteiger partial charge in [-0.3, -0.25) is 9.59 Å². The summed E-state index contributed by atoms with van der Waals surface area (Å²) in [6, 6.07) is 0. The standard InChI is InChI=1S/C15H17N3O2/c19-14-12-7-18(4-3-13(12)16-8-17-14)15(20)11-6-9-1-2-10(11)5-9/h1-2,8-11H,3-7H2,(H,16,17,19). The summed E-state index contributed by atoms with van der Waals surface area (Å²) < 4.78 is 0. The van der Waals surface area contributed by atoms with Gasteiger partial charge in [0.1, 0.15) is 0 Å². The Hall–Kier alpha value is -1.91. The van der Waals surface area contributed by atoms with E-state index in [1.54, 1.807) is 0 Å². The third kappa shape index (κ3) is 1.72. The molecule has 104 valence electrons. The summed E-state index contributed by atoms with van der Waals surface area (Å²) in [7, 11) is 0. The average molecular weight is 271 g/mol. The maximum Gasteiger partial charge on any atom is 0.255 e. The van der Waals surface area contributed by atoms with Crippen LogP contribution < -0.4 is 5.56 Å². The van der Waals surface area contributed by atoms with Crippen molar-refractivity contribution in [3.63, 3.8) is 0 Å². The van der Waals surface area contributed by atoms with Gasteiger partial charge in [0.25, 0.3) is 5.56 Å². The highest BCUT2D eigenvalue weighted by atomic mass is 16.2. The molecule has 5 heteroatoms. The molecule has 5 nitrogen and oxygen atoms in total. The normalized spacial score (nSPS) is 30.6. The van der Waals surface area contributed by atoms with Gasteiger partial charge in [-0.05, 0) is 24.7 Å². The van der Waals surface area contributed by atoms with Crippen molar-refractivity contribution in [2.75, 3.05) is 6.54 Å². The van der Waals surface area contributed by atoms with E-state index in [2.05, 4.69) is 22.1 Å². The zero-order valence-corrected chi connectivity index (χ0v) is 11.2. The van der Waals surface area contributed by atoms with Crippen molar-refractivity contribution in [3.05, 3.63) is 40.1 Å². The minimum atomic E-state index is -0.111. The Morgan fingerprint density at radius 2 is 2.25 bits per heavy atom. The molecule has 2 aliphatic carbocycles. The first kappa shape index (κ1) is 11.9. The molecule has 0 aromatic carbocycles. The van der Waals surface area contributed by atoms with E-state index in [0.717, 1.165) is 18.5 Å². The lowest BCUT2D eigenvalue weighted by atomic mass is 9.91. The van der Waals surface area contributed by atoms with Gasteiger partial charge in [0.05, 0.1) is 24.1 Å². The molecule has 3 aliphatic rings. The molecule has 20 heavy (non-hydrogen) atoms. The summed E-state index contributed by atoms with van der Waals surface area (Å²) in [6.45, 7) is 1.09. The quantitative estimate of drug-likeness (QED) is 0.771. The number of hydrogen-bond donors (Lipinski definition) is 1. The van der Waals surface area contributed by atoms with Gasteiger partial charge >= 0.3 is 0 Å². The van der Waals surface area contributed by atoms with Gasteiger partial charge < -0.3 is 9.88 Å². The van der Waals surface area contributed by atoms with Crippen LogP contribution in [0.15, 0.2) is 23.3 Å². The van der Waals surface area contributed by atoms with Crippen LogP contribution in [0.25, 0.3) is 0 Å². The first-order valence-corrected chi connectivity index (χ1v) is 7.25. The first-order valence-electron chi connectivity index (χ1n) is 7.25. The fraction of sp³-hybridized carbons (Fsp3) is 0.533. The van der Waals surface area contributed by atoms with Crippen LogP contribution in [0, 0.1) is 17.8 Å². The van der Waals surface area contributed by atoms with Crippen LogP contribution in [0.4, 0.5) is 0 Å². The van der Waals surface area contributed by atoms with E-state index in [1.807, 2.05) is 4.90 Å². The van der Waals surface area contributed by atoms with Gasteiger partial charge in [-0.2, -0.15) is 0 Å². The number of hydrogen-bond acceptors (Lipinski definition) is 3. The highest BCUT2D eigenvalue weighted by molar-refractivity contribution is 5.80. The van der Waals surface area contributed by atoms with Crippen LogP contribution >= 0.6 is 0 Å². The van der Waals surface area contributed by atoms with Crippen LogP contribution in [0.1, 0.15) is 24.1 Å². The van der Waals surface area contributed by atoms with Gasteiger partial charge in [0.2, 0.25) is 5.91 Å². The molecule has 1 fully saturated rings. The van der Waals surface area contributed by atoms with Gasteiger partial charge in [-0.15, -0.1) is 0 Å². The maximum atomic E-state index is 12.7. The van der Waals surface area contributed by atoms with Crippen molar-refractivity contribution < 1.29 is 4.79 Å². The van der Waals surface area contributed by atoms with E-state index in [0.29, 0.717) is 36.9 Å². The summed E-state index contributed by atoms with van der Waals surface area (Å²) >= 11 is 0. The van der Waals surface area contributed by atoms with E-state index in [1.165, 1.54) is 6.33 Å². The molecule has 3 atom stereocenters. The van der Waals surface area contributed by atoms with Gasteiger partial charge in [0.15, 0.2) is 0 Å². The lowest BCUT2D eigenvalue weighted by molar-refractivity contribution is -0.137. The van der Waals surface area contributed by atoms with Crippen molar-refractivity contribution in [1.82, 2.24) is 14.9 Å². The molecular formula is C15H17N3O2. The van der Waals surface area contributed by atoms with Crippen molar-refractivity contribution in [1.29, 1.82) is 0 Å². The van der Waals surface area contributed by atoms with E-state index in [4.69, 9.17) is 0 Å². The maximum absolute atomic E-state index is 12.7. The van der Waals surface area contributed by atoms with Crippen molar-refractivity contribution >= 4 is 5.91 Å². The molecule has 2 bridgehead atoms. The first-order chi connectivity index (χ1) is 9.72. The largest absolute Gasteiger partial charge is 0.337 e. The summed E-state index contributed by atoms with van der Waals surface area (Å²) in [5, 5.41) is 0. The number of aromatic amines is 1. The smallest absolute Gasteiger partial charge is 0.255 e. The second-order valence-electron chi connectivity index (χ2n) is 6.05. The third-order valence-electron chi connectivity index (χ3n) is 4.91. The van der Waals surface area contributed by atoms with Gasteiger partial charge in [-0.1, -0.05) is 12.2 Å². The van der Waals surface area contributed by atoms with E-state index >= 15 is 0 Å². The number of H-pyrrole nitrogens is 1. The Balaban J connectivity index is 1.56. The number of aromatic nitrogens is 2. The minimum Gasteiger partial charge on any atom is -0.337 e. The lowest BCUT2D eigenvalue weighted by Crippen LogP contribution is -2.43. The molecule has 0 spiro atoms. The van der Waals surface area contributed by atoms with Gasteiger partial charge in [0, 0.05) is 18.9 Å². The van der Waals surface area contributed by atoms with E-state index < -0.39 is 0 Å². The summed E-state index contributed by atoms with van der Waals surface area (Å²) in [5.74, 6) is 1.36. The monoisotopic (exact) mass is 271 g/mol. The lowest BCUT2D eigenvalue weighted by Gasteiger charge is -2.31.